The van der Waals surface area contributed by atoms with Crippen LogP contribution in [0.25, 0.3) is 0 Å². The molecule has 0 spiro atoms. The van der Waals surface area contributed by atoms with Crippen LogP contribution in [0, 0.1) is 11.3 Å². The van der Waals surface area contributed by atoms with Crippen molar-refractivity contribution in [2.75, 3.05) is 38.6 Å². The number of hydrogen-bond acceptors (Lipinski definition) is 4. The minimum atomic E-state index is 0.471. The van der Waals surface area contributed by atoms with Crippen LogP contribution < -0.4 is 10.2 Å². The normalized spacial score (nSPS) is 23.4. The van der Waals surface area contributed by atoms with Gasteiger partial charge in [0.25, 0.3) is 0 Å². The molecule has 1 N–H and O–H groups in total. The minimum Gasteiger partial charge on any atom is -0.364 e. The highest BCUT2D eigenvalue weighted by molar-refractivity contribution is 5.51. The maximum absolute atomic E-state index is 8.87. The van der Waals surface area contributed by atoms with Crippen molar-refractivity contribution in [2.45, 2.75) is 19.0 Å². The first-order valence-electron chi connectivity index (χ1n) is 6.75. The highest BCUT2D eigenvalue weighted by Gasteiger charge is 2.26. The molecule has 0 radical (unpaired) electrons. The van der Waals surface area contributed by atoms with Gasteiger partial charge in [-0.2, -0.15) is 5.26 Å². The quantitative estimate of drug-likeness (QED) is 0.887. The zero-order chi connectivity index (χ0) is 13.8. The van der Waals surface area contributed by atoms with E-state index in [0.29, 0.717) is 12.1 Å². The van der Waals surface area contributed by atoms with Gasteiger partial charge in [0.1, 0.15) is 0 Å². The summed E-state index contributed by atoms with van der Waals surface area (Å²) in [7, 11) is 4.21. The summed E-state index contributed by atoms with van der Waals surface area (Å²) in [6, 6.07) is 11.0. The van der Waals surface area contributed by atoms with Crippen molar-refractivity contribution in [3.63, 3.8) is 0 Å². The average Bonchev–Trinajstić information content (AvgIpc) is 2.40. The maximum Gasteiger partial charge on any atom is 0.0991 e. The largest absolute Gasteiger partial charge is 0.364 e. The van der Waals surface area contributed by atoms with Gasteiger partial charge in [0.05, 0.1) is 17.7 Å². The Hall–Kier alpha value is -1.57. The Balaban J connectivity index is 2.18. The number of nitrogens with one attached hydrogen (secondary N) is 1. The van der Waals surface area contributed by atoms with Gasteiger partial charge in [0.2, 0.25) is 0 Å². The fraction of sp³-hybridized carbons (Fsp3) is 0.533. The van der Waals surface area contributed by atoms with Crippen molar-refractivity contribution in [3.8, 4) is 6.07 Å². The molecule has 1 aliphatic rings. The Morgan fingerprint density at radius 1 is 1.37 bits per heavy atom. The van der Waals surface area contributed by atoms with Gasteiger partial charge in [0.15, 0.2) is 0 Å². The molecule has 1 aromatic rings. The Bertz CT molecular complexity index is 446. The Morgan fingerprint density at radius 3 is 2.63 bits per heavy atom. The monoisotopic (exact) mass is 258 g/mol. The Kier molecular flexibility index (Phi) is 4.41. The fourth-order valence-corrected chi connectivity index (χ4v) is 2.58. The summed E-state index contributed by atoms with van der Waals surface area (Å²) in [6.45, 7) is 5.24. The predicted octanol–water partition coefficient (Wildman–Crippen LogP) is 1.29. The van der Waals surface area contributed by atoms with E-state index < -0.39 is 0 Å². The van der Waals surface area contributed by atoms with E-state index in [9.17, 15) is 0 Å². The zero-order valence-electron chi connectivity index (χ0n) is 11.9. The molecule has 0 amide bonds. The summed E-state index contributed by atoms with van der Waals surface area (Å²) >= 11 is 0. The molecule has 4 nitrogen and oxygen atoms in total. The fourth-order valence-electron chi connectivity index (χ4n) is 2.58. The topological polar surface area (TPSA) is 42.3 Å². The van der Waals surface area contributed by atoms with Crippen LogP contribution in [-0.2, 0) is 0 Å². The molecule has 19 heavy (non-hydrogen) atoms. The number of benzene rings is 1. The molecule has 1 heterocycles. The molecule has 102 valence electrons. The molecular weight excluding hydrogens is 236 g/mol. The second-order valence-corrected chi connectivity index (χ2v) is 5.54. The minimum absolute atomic E-state index is 0.471. The molecule has 1 saturated heterocycles. The molecule has 1 aromatic carbocycles. The highest BCUT2D eigenvalue weighted by atomic mass is 15.3. The van der Waals surface area contributed by atoms with E-state index in [1.165, 1.54) is 5.69 Å². The first-order valence-corrected chi connectivity index (χ1v) is 6.75. The number of rotatable bonds is 3. The van der Waals surface area contributed by atoms with E-state index in [4.69, 9.17) is 5.26 Å². The van der Waals surface area contributed by atoms with Crippen molar-refractivity contribution in [1.29, 1.82) is 5.26 Å². The van der Waals surface area contributed by atoms with Crippen molar-refractivity contribution in [3.05, 3.63) is 29.8 Å². The van der Waals surface area contributed by atoms with Crippen molar-refractivity contribution >= 4 is 5.69 Å². The molecule has 2 rings (SSSR count). The first kappa shape index (κ1) is 13.9. The molecule has 0 aromatic heterocycles. The van der Waals surface area contributed by atoms with Gasteiger partial charge in [-0.05, 0) is 45.3 Å². The van der Waals surface area contributed by atoms with Gasteiger partial charge in [-0.1, -0.05) is 0 Å². The number of nitrogens with zero attached hydrogens (tertiary/aromatic N) is 3. The molecule has 2 atom stereocenters. The van der Waals surface area contributed by atoms with Crippen LogP contribution >= 0.6 is 0 Å². The number of hydrogen-bond donors (Lipinski definition) is 1. The summed E-state index contributed by atoms with van der Waals surface area (Å²) in [6.07, 6.45) is 0. The second-order valence-electron chi connectivity index (χ2n) is 5.54. The third-order valence-corrected chi connectivity index (χ3v) is 3.52. The average molecular weight is 258 g/mol. The van der Waals surface area contributed by atoms with Crippen LogP contribution in [0.3, 0.4) is 0 Å². The SMILES string of the molecule is CC1CN(c2ccc(C#N)cc2)C(CN(C)C)CN1. The Morgan fingerprint density at radius 2 is 2.05 bits per heavy atom. The van der Waals surface area contributed by atoms with Gasteiger partial charge in [0, 0.05) is 31.4 Å². The molecule has 0 bridgehead atoms. The summed E-state index contributed by atoms with van der Waals surface area (Å²) in [5.41, 5.74) is 1.93. The lowest BCUT2D eigenvalue weighted by Gasteiger charge is -2.42. The lowest BCUT2D eigenvalue weighted by Crippen LogP contribution is -2.58. The van der Waals surface area contributed by atoms with Crippen LogP contribution in [-0.4, -0.2) is 50.7 Å². The molecule has 4 heteroatoms. The van der Waals surface area contributed by atoms with E-state index in [2.05, 4.69) is 54.3 Å². The van der Waals surface area contributed by atoms with Crippen LogP contribution in [0.1, 0.15) is 12.5 Å². The van der Waals surface area contributed by atoms with Gasteiger partial charge < -0.3 is 15.1 Å². The Labute approximate surface area is 115 Å². The van der Waals surface area contributed by atoms with Gasteiger partial charge in [-0.15, -0.1) is 0 Å². The highest BCUT2D eigenvalue weighted by Crippen LogP contribution is 2.20. The van der Waals surface area contributed by atoms with E-state index in [-0.39, 0.29) is 0 Å². The predicted molar refractivity (Wildman–Crippen MR) is 78.3 cm³/mol. The van der Waals surface area contributed by atoms with E-state index in [1.54, 1.807) is 0 Å². The number of likely N-dealkylation sites (N-methyl/N-ethyl adjacent to an activating group) is 1. The maximum atomic E-state index is 8.87. The third-order valence-electron chi connectivity index (χ3n) is 3.52. The van der Waals surface area contributed by atoms with Gasteiger partial charge in [-0.3, -0.25) is 0 Å². The standard InChI is InChI=1S/C15H22N4/c1-12-10-19(15(9-17-12)11-18(2)3)14-6-4-13(8-16)5-7-14/h4-7,12,15,17H,9-11H2,1-3H3. The van der Waals surface area contributed by atoms with Gasteiger partial charge >= 0.3 is 0 Å². The number of anilines is 1. The summed E-state index contributed by atoms with van der Waals surface area (Å²) < 4.78 is 0. The van der Waals surface area contributed by atoms with Crippen LogP contribution in [0.5, 0.6) is 0 Å². The third kappa shape index (κ3) is 3.46. The van der Waals surface area contributed by atoms with Gasteiger partial charge in [-0.25, -0.2) is 0 Å². The van der Waals surface area contributed by atoms with Crippen LogP contribution in [0.4, 0.5) is 5.69 Å². The lowest BCUT2D eigenvalue weighted by atomic mass is 10.1. The first-order chi connectivity index (χ1) is 9.10. The summed E-state index contributed by atoms with van der Waals surface area (Å²) in [5.74, 6) is 0. The molecule has 2 unspecified atom stereocenters. The number of nitriles is 1. The molecular formula is C15H22N4. The summed E-state index contributed by atoms with van der Waals surface area (Å²) in [4.78, 5) is 4.67. The van der Waals surface area contributed by atoms with E-state index in [1.807, 2.05) is 12.1 Å². The summed E-state index contributed by atoms with van der Waals surface area (Å²) in [5, 5.41) is 12.4. The van der Waals surface area contributed by atoms with Crippen LogP contribution in [0.2, 0.25) is 0 Å². The second kappa shape index (κ2) is 6.05. The molecule has 0 aliphatic carbocycles. The molecule has 1 fully saturated rings. The van der Waals surface area contributed by atoms with E-state index in [0.717, 1.165) is 25.2 Å². The molecule has 0 saturated carbocycles. The molecule has 1 aliphatic heterocycles. The zero-order valence-corrected chi connectivity index (χ0v) is 11.9. The van der Waals surface area contributed by atoms with Crippen LogP contribution in [0.15, 0.2) is 24.3 Å². The van der Waals surface area contributed by atoms with Crippen molar-refractivity contribution in [2.24, 2.45) is 0 Å². The smallest absolute Gasteiger partial charge is 0.0991 e. The van der Waals surface area contributed by atoms with E-state index >= 15 is 0 Å². The number of piperazine rings is 1. The lowest BCUT2D eigenvalue weighted by molar-refractivity contribution is 0.317. The van der Waals surface area contributed by atoms with Crippen molar-refractivity contribution in [1.82, 2.24) is 10.2 Å². The van der Waals surface area contributed by atoms with Crippen molar-refractivity contribution < 1.29 is 0 Å².